The Balaban J connectivity index is 1.82. The number of carbonyl (C=O) groups excluding carboxylic acids is 1. The molecule has 1 atom stereocenters. The van der Waals surface area contributed by atoms with E-state index < -0.39 is 9.84 Å². The zero-order valence-electron chi connectivity index (χ0n) is 13.3. The highest BCUT2D eigenvalue weighted by Crippen LogP contribution is 2.25. The Labute approximate surface area is 141 Å². The largest absolute Gasteiger partial charge is 0.438 e. The number of pyridine rings is 1. The molecule has 1 aliphatic heterocycles. The predicted molar refractivity (Wildman–Crippen MR) is 89.9 cm³/mol. The molecule has 0 saturated carbocycles. The molecule has 1 aliphatic rings. The van der Waals surface area contributed by atoms with E-state index >= 15 is 0 Å². The van der Waals surface area contributed by atoms with Gasteiger partial charge in [0, 0.05) is 19.3 Å². The lowest BCUT2D eigenvalue weighted by molar-refractivity contribution is 0.0744. The van der Waals surface area contributed by atoms with Gasteiger partial charge >= 0.3 is 0 Å². The van der Waals surface area contributed by atoms with Crippen LogP contribution >= 0.6 is 0 Å². The van der Waals surface area contributed by atoms with Gasteiger partial charge in [0.15, 0.2) is 9.84 Å². The summed E-state index contributed by atoms with van der Waals surface area (Å²) in [6, 6.07) is 12.0. The van der Waals surface area contributed by atoms with Crippen LogP contribution in [0.3, 0.4) is 0 Å². The molecular weight excluding hydrogens is 328 g/mol. The molecule has 7 heteroatoms. The van der Waals surface area contributed by atoms with Gasteiger partial charge in [0.05, 0.1) is 11.5 Å². The number of nitrogens with zero attached hydrogens (tertiary/aromatic N) is 2. The molecule has 1 aromatic heterocycles. The first-order chi connectivity index (χ1) is 11.5. The molecule has 1 saturated heterocycles. The second-order valence-electron chi connectivity index (χ2n) is 5.74. The average molecular weight is 346 g/mol. The Bertz CT molecular complexity index is 837. The van der Waals surface area contributed by atoms with E-state index in [9.17, 15) is 13.2 Å². The number of aromatic nitrogens is 1. The van der Waals surface area contributed by atoms with E-state index in [1.807, 2.05) is 18.2 Å². The topological polar surface area (TPSA) is 76.6 Å². The molecule has 0 spiro atoms. The number of para-hydroxylation sites is 1. The summed E-state index contributed by atoms with van der Waals surface area (Å²) in [5.74, 6) is 0.619. The molecule has 3 rings (SSSR count). The van der Waals surface area contributed by atoms with Gasteiger partial charge in [-0.2, -0.15) is 0 Å². The van der Waals surface area contributed by atoms with E-state index in [1.54, 1.807) is 37.5 Å². The van der Waals surface area contributed by atoms with Crippen molar-refractivity contribution >= 4 is 15.7 Å². The lowest BCUT2D eigenvalue weighted by Gasteiger charge is -2.24. The molecule has 2 aromatic rings. The maximum atomic E-state index is 12.8. The van der Waals surface area contributed by atoms with E-state index in [-0.39, 0.29) is 29.3 Å². The maximum absolute atomic E-state index is 12.8. The number of rotatable bonds is 4. The third kappa shape index (κ3) is 3.56. The summed E-state index contributed by atoms with van der Waals surface area (Å²) in [6.45, 7) is 0. The number of carbonyl (C=O) groups is 1. The lowest BCUT2D eigenvalue weighted by Crippen LogP contribution is -2.38. The fourth-order valence-corrected chi connectivity index (χ4v) is 4.45. The number of ether oxygens (including phenoxy) is 1. The smallest absolute Gasteiger partial charge is 0.259 e. The summed E-state index contributed by atoms with van der Waals surface area (Å²) >= 11 is 0. The molecule has 126 valence electrons. The van der Waals surface area contributed by atoms with Gasteiger partial charge in [-0.05, 0) is 30.7 Å². The fourth-order valence-electron chi connectivity index (χ4n) is 2.67. The summed E-state index contributed by atoms with van der Waals surface area (Å²) < 4.78 is 29.0. The van der Waals surface area contributed by atoms with Crippen LogP contribution in [0.4, 0.5) is 0 Å². The quantitative estimate of drug-likeness (QED) is 0.848. The van der Waals surface area contributed by atoms with Crippen LogP contribution in [0.1, 0.15) is 16.8 Å². The second kappa shape index (κ2) is 6.60. The van der Waals surface area contributed by atoms with E-state index in [0.29, 0.717) is 17.7 Å². The summed E-state index contributed by atoms with van der Waals surface area (Å²) in [5, 5.41) is 0. The number of benzene rings is 1. The van der Waals surface area contributed by atoms with Crippen molar-refractivity contribution in [3.8, 4) is 11.6 Å². The maximum Gasteiger partial charge on any atom is 0.259 e. The fraction of sp³-hybridized carbons (Fsp3) is 0.294. The van der Waals surface area contributed by atoms with Gasteiger partial charge in [-0.15, -0.1) is 0 Å². The highest BCUT2D eigenvalue weighted by atomic mass is 32.2. The molecule has 2 heterocycles. The monoisotopic (exact) mass is 346 g/mol. The minimum absolute atomic E-state index is 0.00434. The van der Waals surface area contributed by atoms with Gasteiger partial charge in [-0.25, -0.2) is 13.4 Å². The van der Waals surface area contributed by atoms with Gasteiger partial charge in [-0.1, -0.05) is 18.2 Å². The summed E-state index contributed by atoms with van der Waals surface area (Å²) in [4.78, 5) is 18.4. The molecule has 0 unspecified atom stereocenters. The van der Waals surface area contributed by atoms with E-state index in [0.717, 1.165) is 0 Å². The van der Waals surface area contributed by atoms with Gasteiger partial charge < -0.3 is 9.64 Å². The van der Waals surface area contributed by atoms with Crippen LogP contribution in [0.15, 0.2) is 48.7 Å². The predicted octanol–water partition coefficient (Wildman–Crippen LogP) is 2.13. The molecule has 6 nitrogen and oxygen atoms in total. The number of hydrogen-bond acceptors (Lipinski definition) is 5. The normalized spacial score (nSPS) is 19.0. The van der Waals surface area contributed by atoms with Crippen molar-refractivity contribution < 1.29 is 17.9 Å². The molecule has 1 amide bonds. The first-order valence-corrected chi connectivity index (χ1v) is 9.44. The van der Waals surface area contributed by atoms with E-state index in [2.05, 4.69) is 4.98 Å². The third-order valence-corrected chi connectivity index (χ3v) is 5.79. The van der Waals surface area contributed by atoms with Crippen molar-refractivity contribution in [3.63, 3.8) is 0 Å². The van der Waals surface area contributed by atoms with Crippen molar-refractivity contribution in [2.24, 2.45) is 0 Å². The van der Waals surface area contributed by atoms with Crippen LogP contribution < -0.4 is 4.74 Å². The van der Waals surface area contributed by atoms with Gasteiger partial charge in [-0.3, -0.25) is 4.79 Å². The van der Waals surface area contributed by atoms with Crippen molar-refractivity contribution in [1.82, 2.24) is 9.88 Å². The Morgan fingerprint density at radius 1 is 1.21 bits per heavy atom. The van der Waals surface area contributed by atoms with Crippen LogP contribution in [0, 0.1) is 0 Å². The van der Waals surface area contributed by atoms with Crippen LogP contribution in [-0.4, -0.2) is 48.8 Å². The van der Waals surface area contributed by atoms with Crippen LogP contribution in [-0.2, 0) is 9.84 Å². The SMILES string of the molecule is CN(C(=O)c1cccnc1Oc1ccccc1)[C@@H]1CCS(=O)(=O)C1. The number of hydrogen-bond donors (Lipinski definition) is 0. The Morgan fingerprint density at radius 3 is 2.62 bits per heavy atom. The van der Waals surface area contributed by atoms with Gasteiger partial charge in [0.1, 0.15) is 11.3 Å². The molecule has 24 heavy (non-hydrogen) atoms. The molecule has 0 bridgehead atoms. The molecule has 0 radical (unpaired) electrons. The van der Waals surface area contributed by atoms with Gasteiger partial charge in [0.2, 0.25) is 5.88 Å². The van der Waals surface area contributed by atoms with Crippen LogP contribution in [0.2, 0.25) is 0 Å². The average Bonchev–Trinajstić information content (AvgIpc) is 2.95. The summed E-state index contributed by atoms with van der Waals surface area (Å²) in [7, 11) is -1.44. The van der Waals surface area contributed by atoms with Crippen molar-refractivity contribution in [1.29, 1.82) is 0 Å². The minimum Gasteiger partial charge on any atom is -0.438 e. The zero-order chi connectivity index (χ0) is 17.2. The molecule has 1 fully saturated rings. The first-order valence-electron chi connectivity index (χ1n) is 7.62. The third-order valence-electron chi connectivity index (χ3n) is 4.04. The van der Waals surface area contributed by atoms with Crippen LogP contribution in [0.25, 0.3) is 0 Å². The molecule has 1 aromatic carbocycles. The Hall–Kier alpha value is -2.41. The number of sulfone groups is 1. The summed E-state index contributed by atoms with van der Waals surface area (Å²) in [5.41, 5.74) is 0.313. The number of amides is 1. The second-order valence-corrected chi connectivity index (χ2v) is 7.97. The molecule has 0 aliphatic carbocycles. The highest BCUT2D eigenvalue weighted by molar-refractivity contribution is 7.91. The summed E-state index contributed by atoms with van der Waals surface area (Å²) in [6.07, 6.45) is 2.01. The first kappa shape index (κ1) is 16.4. The van der Waals surface area contributed by atoms with Crippen molar-refractivity contribution in [3.05, 3.63) is 54.2 Å². The van der Waals surface area contributed by atoms with E-state index in [1.165, 1.54) is 4.90 Å². The Morgan fingerprint density at radius 2 is 1.96 bits per heavy atom. The lowest BCUT2D eigenvalue weighted by atomic mass is 10.2. The van der Waals surface area contributed by atoms with Crippen LogP contribution in [0.5, 0.6) is 11.6 Å². The van der Waals surface area contributed by atoms with Gasteiger partial charge in [0.25, 0.3) is 5.91 Å². The molecule has 0 N–H and O–H groups in total. The van der Waals surface area contributed by atoms with Crippen molar-refractivity contribution in [2.75, 3.05) is 18.6 Å². The van der Waals surface area contributed by atoms with E-state index in [4.69, 9.17) is 4.74 Å². The standard InChI is InChI=1S/C17H18N2O4S/c1-19(13-9-11-24(21,22)12-13)17(20)15-8-5-10-18-16(15)23-14-6-3-2-4-7-14/h2-8,10,13H,9,11-12H2,1H3/t13-/m1/s1. The van der Waals surface area contributed by atoms with Crippen molar-refractivity contribution in [2.45, 2.75) is 12.5 Å². The minimum atomic E-state index is -3.06. The zero-order valence-corrected chi connectivity index (χ0v) is 14.1. The molecular formula is C17H18N2O4S. The Kier molecular flexibility index (Phi) is 4.53. The highest BCUT2D eigenvalue weighted by Gasteiger charge is 2.33.